The number of hydrogen-bond donors (Lipinski definition) is 0. The van der Waals surface area contributed by atoms with Crippen LogP contribution in [-0.4, -0.2) is 30.5 Å². The maximum Gasteiger partial charge on any atom is 0.261 e. The quantitative estimate of drug-likeness (QED) is 0.448. The fourth-order valence-corrected chi connectivity index (χ4v) is 3.78. The molecule has 6 nitrogen and oxygen atoms in total. The van der Waals surface area contributed by atoms with E-state index >= 15 is 0 Å². The molecule has 1 aromatic carbocycles. The predicted molar refractivity (Wildman–Crippen MR) is 117 cm³/mol. The van der Waals surface area contributed by atoms with Crippen molar-refractivity contribution < 1.29 is 18.4 Å². The summed E-state index contributed by atoms with van der Waals surface area (Å²) in [5.74, 6) is 2.86. The number of carbonyl (C=O) groups excluding carboxylic acids is 1. The van der Waals surface area contributed by atoms with Crippen molar-refractivity contribution in [1.29, 1.82) is 0 Å². The van der Waals surface area contributed by atoms with E-state index in [2.05, 4.69) is 20.8 Å². The molecular formula is C23H25BrN2O4. The second kappa shape index (κ2) is 9.89. The molecular weight excluding hydrogens is 448 g/mol. The van der Waals surface area contributed by atoms with E-state index in [1.54, 1.807) is 11.2 Å². The third-order valence-electron chi connectivity index (χ3n) is 5.12. The summed E-state index contributed by atoms with van der Waals surface area (Å²) in [5, 5.41) is 0. The number of halogens is 1. The van der Waals surface area contributed by atoms with Crippen LogP contribution in [0.2, 0.25) is 0 Å². The average Bonchev–Trinajstić information content (AvgIpc) is 3.46. The van der Waals surface area contributed by atoms with Crippen molar-refractivity contribution >= 4 is 27.7 Å². The zero-order valence-electron chi connectivity index (χ0n) is 16.8. The van der Waals surface area contributed by atoms with Gasteiger partial charge in [-0.15, -0.1) is 0 Å². The maximum absolute atomic E-state index is 12.9. The first kappa shape index (κ1) is 20.6. The Hall–Kier alpha value is -2.67. The largest absolute Gasteiger partial charge is 0.484 e. The van der Waals surface area contributed by atoms with Crippen LogP contribution in [0.1, 0.15) is 30.8 Å². The maximum atomic E-state index is 12.9. The fraction of sp³-hybridized carbons (Fsp3) is 0.348. The van der Waals surface area contributed by atoms with Gasteiger partial charge in [-0.1, -0.05) is 15.9 Å². The van der Waals surface area contributed by atoms with E-state index in [1.807, 2.05) is 48.5 Å². The van der Waals surface area contributed by atoms with Gasteiger partial charge in [-0.2, -0.15) is 0 Å². The van der Waals surface area contributed by atoms with Crippen molar-refractivity contribution in [2.24, 2.45) is 0 Å². The average molecular weight is 473 g/mol. The molecule has 1 aliphatic heterocycles. The molecule has 158 valence electrons. The van der Waals surface area contributed by atoms with Gasteiger partial charge in [-0.05, 0) is 61.7 Å². The van der Waals surface area contributed by atoms with Crippen LogP contribution in [0.4, 0.5) is 5.88 Å². The van der Waals surface area contributed by atoms with Gasteiger partial charge in [0.1, 0.15) is 17.3 Å². The Morgan fingerprint density at radius 1 is 1.00 bits per heavy atom. The summed E-state index contributed by atoms with van der Waals surface area (Å²) in [6.07, 6.45) is 5.25. The summed E-state index contributed by atoms with van der Waals surface area (Å²) in [6, 6.07) is 15.0. The highest BCUT2D eigenvalue weighted by Crippen LogP contribution is 2.24. The predicted octanol–water partition coefficient (Wildman–Crippen LogP) is 5.23. The van der Waals surface area contributed by atoms with E-state index in [1.165, 1.54) is 19.3 Å². The summed E-state index contributed by atoms with van der Waals surface area (Å²) in [6.45, 7) is 2.69. The first-order valence-electron chi connectivity index (χ1n) is 10.2. The van der Waals surface area contributed by atoms with Gasteiger partial charge < -0.3 is 23.4 Å². The number of amides is 1. The topological polar surface area (TPSA) is 59.1 Å². The number of hydrogen-bond acceptors (Lipinski definition) is 5. The highest BCUT2D eigenvalue weighted by Gasteiger charge is 2.20. The molecule has 0 atom stereocenters. The van der Waals surface area contributed by atoms with Crippen LogP contribution in [-0.2, 0) is 17.9 Å². The minimum atomic E-state index is -0.134. The molecule has 1 saturated heterocycles. The number of anilines is 1. The number of ether oxygens (including phenoxy) is 1. The Morgan fingerprint density at radius 3 is 2.50 bits per heavy atom. The lowest BCUT2D eigenvalue weighted by molar-refractivity contribution is -0.135. The minimum Gasteiger partial charge on any atom is -0.484 e. The third kappa shape index (κ3) is 5.48. The normalized spacial score (nSPS) is 14.0. The number of piperidine rings is 1. The third-order valence-corrected chi connectivity index (χ3v) is 5.65. The Balaban J connectivity index is 1.42. The molecule has 3 heterocycles. The summed E-state index contributed by atoms with van der Waals surface area (Å²) < 4.78 is 18.1. The van der Waals surface area contributed by atoms with Crippen molar-refractivity contribution in [3.05, 3.63) is 70.8 Å². The van der Waals surface area contributed by atoms with Gasteiger partial charge in [0.15, 0.2) is 12.5 Å². The zero-order chi connectivity index (χ0) is 20.8. The number of rotatable bonds is 8. The summed E-state index contributed by atoms with van der Waals surface area (Å²) in [5.41, 5.74) is 0. The molecule has 0 radical (unpaired) electrons. The second-order valence-electron chi connectivity index (χ2n) is 7.36. The lowest BCUT2D eigenvalue weighted by Gasteiger charge is -2.26. The van der Waals surface area contributed by atoms with E-state index in [-0.39, 0.29) is 12.5 Å². The van der Waals surface area contributed by atoms with Crippen LogP contribution in [0.5, 0.6) is 5.75 Å². The van der Waals surface area contributed by atoms with Crippen LogP contribution in [0.25, 0.3) is 0 Å². The highest BCUT2D eigenvalue weighted by molar-refractivity contribution is 9.10. The molecule has 0 N–H and O–H groups in total. The molecule has 7 heteroatoms. The summed E-state index contributed by atoms with van der Waals surface area (Å²) in [7, 11) is 0. The molecule has 0 saturated carbocycles. The van der Waals surface area contributed by atoms with E-state index in [9.17, 15) is 4.79 Å². The highest BCUT2D eigenvalue weighted by atomic mass is 79.9. The standard InChI is InChI=1S/C23H25BrN2O4/c24-18-6-8-19(9-7-18)29-17-22(27)26(15-20-5-4-14-28-20)16-21-10-11-23(30-21)25-12-2-1-3-13-25/h4-11,14H,1-3,12-13,15-17H2. The smallest absolute Gasteiger partial charge is 0.261 e. The Morgan fingerprint density at radius 2 is 1.77 bits per heavy atom. The van der Waals surface area contributed by atoms with Crippen LogP contribution >= 0.6 is 15.9 Å². The molecule has 0 unspecified atom stereocenters. The van der Waals surface area contributed by atoms with Crippen LogP contribution in [0.3, 0.4) is 0 Å². The lowest BCUT2D eigenvalue weighted by Crippen LogP contribution is -2.34. The molecule has 3 aromatic rings. The molecule has 0 aliphatic carbocycles. The van der Waals surface area contributed by atoms with Crippen molar-refractivity contribution in [2.75, 3.05) is 24.6 Å². The molecule has 2 aromatic heterocycles. The molecule has 0 spiro atoms. The van der Waals surface area contributed by atoms with E-state index in [4.69, 9.17) is 13.6 Å². The Labute approximate surface area is 184 Å². The summed E-state index contributed by atoms with van der Waals surface area (Å²) in [4.78, 5) is 16.9. The van der Waals surface area contributed by atoms with Crippen LogP contribution < -0.4 is 9.64 Å². The minimum absolute atomic E-state index is 0.0535. The monoisotopic (exact) mass is 472 g/mol. The number of furan rings is 2. The Kier molecular flexibility index (Phi) is 6.79. The molecule has 1 aliphatic rings. The second-order valence-corrected chi connectivity index (χ2v) is 8.28. The summed E-state index contributed by atoms with van der Waals surface area (Å²) >= 11 is 3.39. The van der Waals surface area contributed by atoms with Crippen molar-refractivity contribution in [3.8, 4) is 5.75 Å². The molecule has 1 fully saturated rings. The molecule has 4 rings (SSSR count). The van der Waals surface area contributed by atoms with Crippen LogP contribution in [0.15, 0.2) is 68.1 Å². The molecule has 1 amide bonds. The number of nitrogens with zero attached hydrogens (tertiary/aromatic N) is 2. The van der Waals surface area contributed by atoms with Gasteiger partial charge >= 0.3 is 0 Å². The van der Waals surface area contributed by atoms with Gasteiger partial charge in [0, 0.05) is 23.6 Å². The van der Waals surface area contributed by atoms with Gasteiger partial charge in [-0.3, -0.25) is 4.79 Å². The fourth-order valence-electron chi connectivity index (χ4n) is 3.51. The van der Waals surface area contributed by atoms with Gasteiger partial charge in [0.2, 0.25) is 0 Å². The Bertz CT molecular complexity index is 931. The van der Waals surface area contributed by atoms with Gasteiger partial charge in [0.05, 0.1) is 19.4 Å². The van der Waals surface area contributed by atoms with Crippen molar-refractivity contribution in [3.63, 3.8) is 0 Å². The van der Waals surface area contributed by atoms with E-state index in [0.29, 0.717) is 18.8 Å². The van der Waals surface area contributed by atoms with Crippen LogP contribution in [0, 0.1) is 0 Å². The number of carbonyl (C=O) groups is 1. The first-order valence-corrected chi connectivity index (χ1v) is 11.0. The van der Waals surface area contributed by atoms with E-state index < -0.39 is 0 Å². The SMILES string of the molecule is O=C(COc1ccc(Br)cc1)N(Cc1ccco1)Cc1ccc(N2CCCCC2)o1. The van der Waals surface area contributed by atoms with Crippen molar-refractivity contribution in [2.45, 2.75) is 32.4 Å². The lowest BCUT2D eigenvalue weighted by atomic mass is 10.1. The van der Waals surface area contributed by atoms with E-state index in [0.717, 1.165) is 35.0 Å². The first-order chi connectivity index (χ1) is 14.7. The van der Waals surface area contributed by atoms with Crippen molar-refractivity contribution in [1.82, 2.24) is 4.90 Å². The van der Waals surface area contributed by atoms with Gasteiger partial charge in [-0.25, -0.2) is 0 Å². The molecule has 30 heavy (non-hydrogen) atoms. The number of benzene rings is 1. The molecule has 0 bridgehead atoms. The zero-order valence-corrected chi connectivity index (χ0v) is 18.3. The van der Waals surface area contributed by atoms with Gasteiger partial charge in [0.25, 0.3) is 5.91 Å².